The van der Waals surface area contributed by atoms with Crippen molar-refractivity contribution >= 4 is 0 Å². The lowest BCUT2D eigenvalue weighted by molar-refractivity contribution is -0.129. The van der Waals surface area contributed by atoms with E-state index in [9.17, 15) is 10.3 Å². The first-order valence-corrected chi connectivity index (χ1v) is 14.7. The number of nitrogens with zero attached hydrogens (tertiary/aromatic N) is 1. The highest BCUT2D eigenvalue weighted by molar-refractivity contribution is 5.09. The van der Waals surface area contributed by atoms with Gasteiger partial charge in [-0.2, -0.15) is 0 Å². The molecule has 4 aliphatic carbocycles. The van der Waals surface area contributed by atoms with E-state index in [4.69, 9.17) is 4.74 Å². The molecule has 196 valence electrons. The maximum Gasteiger partial charge on any atom is 0.108 e. The Morgan fingerprint density at radius 2 is 1.65 bits per heavy atom. The van der Waals surface area contributed by atoms with Crippen LogP contribution in [0.1, 0.15) is 119 Å². The lowest BCUT2D eigenvalue weighted by Gasteiger charge is -2.61. The molecule has 0 aromatic carbocycles. The van der Waals surface area contributed by atoms with E-state index in [2.05, 4.69) is 20.8 Å². The fourth-order valence-corrected chi connectivity index (χ4v) is 10.4. The number of ether oxygens (including phenoxy) is 1. The van der Waals surface area contributed by atoms with Crippen LogP contribution < -0.4 is 0 Å². The Morgan fingerprint density at radius 1 is 0.941 bits per heavy atom. The fourth-order valence-electron chi connectivity index (χ4n) is 10.4. The predicted molar refractivity (Wildman–Crippen MR) is 138 cm³/mol. The Labute approximate surface area is 209 Å². The Hall–Kier alpha value is -0.160. The molecule has 10 atom stereocenters. The van der Waals surface area contributed by atoms with E-state index in [1.54, 1.807) is 0 Å². The van der Waals surface area contributed by atoms with E-state index in [0.717, 1.165) is 61.2 Å². The van der Waals surface area contributed by atoms with Gasteiger partial charge in [0.1, 0.15) is 5.72 Å². The highest BCUT2D eigenvalue weighted by Crippen LogP contribution is 2.68. The third kappa shape index (κ3) is 3.92. The minimum atomic E-state index is -0.648. The van der Waals surface area contributed by atoms with Crippen molar-refractivity contribution in [1.29, 1.82) is 0 Å². The van der Waals surface area contributed by atoms with Crippen LogP contribution in [0.4, 0.5) is 0 Å². The summed E-state index contributed by atoms with van der Waals surface area (Å²) in [5.41, 5.74) is -0.0809. The summed E-state index contributed by atoms with van der Waals surface area (Å²) in [4.78, 5) is 0. The van der Waals surface area contributed by atoms with Crippen LogP contribution in [0, 0.1) is 51.5 Å². The molecule has 1 heterocycles. The molecule has 4 heteroatoms. The average molecular weight is 475 g/mol. The minimum absolute atomic E-state index is 0.0446. The third-order valence-electron chi connectivity index (χ3n) is 12.4. The normalized spacial score (nSPS) is 51.5. The quantitative estimate of drug-likeness (QED) is 0.460. The molecular formula is C30H52NO3-. The van der Waals surface area contributed by atoms with Gasteiger partial charge >= 0.3 is 0 Å². The zero-order valence-corrected chi connectivity index (χ0v) is 22.9. The van der Waals surface area contributed by atoms with Crippen LogP contribution in [0.25, 0.3) is 0 Å². The Morgan fingerprint density at radius 3 is 2.35 bits per heavy atom. The molecule has 1 N–H and O–H groups in total. The molecule has 1 saturated heterocycles. The summed E-state index contributed by atoms with van der Waals surface area (Å²) in [6, 6.07) is 0. The van der Waals surface area contributed by atoms with Crippen molar-refractivity contribution in [2.24, 2.45) is 46.3 Å². The van der Waals surface area contributed by atoms with E-state index in [0.29, 0.717) is 17.4 Å². The minimum Gasteiger partial charge on any atom is -0.783 e. The summed E-state index contributed by atoms with van der Waals surface area (Å²) >= 11 is 0. The second-order valence-electron chi connectivity index (χ2n) is 14.8. The standard InChI is InChI=1S/C30H52NO3/c1-20(8-7-15-30(6)31(33)27(2,3)19-34-30)24-11-12-25-23-10-9-21-18-22(32)13-16-28(21,4)26(23)14-17-29(24,25)5/h20-26,32H,7-19H2,1-6H3/q-1/t20-,21+,22+,23+,24-,25+,26+,28+,29-,30?/m1/s1. The van der Waals surface area contributed by atoms with Crippen molar-refractivity contribution in [3.05, 3.63) is 5.21 Å². The molecule has 0 radical (unpaired) electrons. The highest BCUT2D eigenvalue weighted by atomic mass is 16.6. The van der Waals surface area contributed by atoms with Crippen LogP contribution >= 0.6 is 0 Å². The van der Waals surface area contributed by atoms with Gasteiger partial charge < -0.3 is 20.1 Å². The van der Waals surface area contributed by atoms with E-state index in [1.807, 2.05) is 20.8 Å². The topological polar surface area (TPSA) is 55.8 Å². The van der Waals surface area contributed by atoms with Gasteiger partial charge in [0.05, 0.1) is 12.7 Å². The third-order valence-corrected chi connectivity index (χ3v) is 12.4. The van der Waals surface area contributed by atoms with E-state index in [-0.39, 0.29) is 6.10 Å². The summed E-state index contributed by atoms with van der Waals surface area (Å²) in [6.07, 6.45) is 14.8. The Bertz CT molecular complexity index is 755. The van der Waals surface area contributed by atoms with Crippen molar-refractivity contribution < 1.29 is 9.84 Å². The lowest BCUT2D eigenvalue weighted by atomic mass is 9.44. The molecule has 0 aromatic heterocycles. The van der Waals surface area contributed by atoms with E-state index < -0.39 is 11.3 Å². The zero-order chi connectivity index (χ0) is 24.5. The van der Waals surface area contributed by atoms with Crippen LogP contribution in [0.2, 0.25) is 0 Å². The van der Waals surface area contributed by atoms with Crippen molar-refractivity contribution in [3.63, 3.8) is 0 Å². The van der Waals surface area contributed by atoms with E-state index >= 15 is 0 Å². The average Bonchev–Trinajstić information content (AvgIpc) is 3.24. The van der Waals surface area contributed by atoms with Crippen LogP contribution in [-0.4, -0.2) is 34.1 Å². The SMILES string of the molecule is C[C@H](CCCC1(C)OCC(C)(C)N1[O-])[C@H]1CC[C@H]2[C@@H]3CC[C@H]4C[C@@H](O)CC[C@]4(C)[C@H]3CC[C@]12C. The number of fused-ring (bicyclic) bond motifs is 5. The van der Waals surface area contributed by atoms with Gasteiger partial charge in [-0.25, -0.2) is 0 Å². The molecule has 4 saturated carbocycles. The van der Waals surface area contributed by atoms with Crippen LogP contribution in [0.15, 0.2) is 0 Å². The van der Waals surface area contributed by atoms with Crippen molar-refractivity contribution in [2.75, 3.05) is 6.61 Å². The maximum absolute atomic E-state index is 12.8. The molecule has 4 nitrogen and oxygen atoms in total. The molecular weight excluding hydrogens is 422 g/mol. The first kappa shape index (κ1) is 25.5. The Balaban J connectivity index is 1.21. The van der Waals surface area contributed by atoms with Gasteiger partial charge in [-0.3, -0.25) is 0 Å². The summed E-state index contributed by atoms with van der Waals surface area (Å²) in [5, 5.41) is 24.3. The summed E-state index contributed by atoms with van der Waals surface area (Å²) in [6.45, 7) is 14.3. The maximum atomic E-state index is 12.8. The highest BCUT2D eigenvalue weighted by Gasteiger charge is 2.60. The molecule has 0 spiro atoms. The molecule has 5 aliphatic rings. The van der Waals surface area contributed by atoms with Gasteiger partial charge in [0, 0.05) is 5.54 Å². The number of hydroxylamine groups is 2. The smallest absolute Gasteiger partial charge is 0.108 e. The van der Waals surface area contributed by atoms with Crippen LogP contribution in [0.3, 0.4) is 0 Å². The number of hydrogen-bond acceptors (Lipinski definition) is 4. The van der Waals surface area contributed by atoms with E-state index in [1.165, 1.54) is 56.4 Å². The van der Waals surface area contributed by atoms with Gasteiger partial charge in [0.25, 0.3) is 0 Å². The summed E-state index contributed by atoms with van der Waals surface area (Å²) < 4.78 is 6.00. The van der Waals surface area contributed by atoms with Gasteiger partial charge in [0.2, 0.25) is 0 Å². The number of rotatable bonds is 5. The molecule has 1 aliphatic heterocycles. The molecule has 34 heavy (non-hydrogen) atoms. The van der Waals surface area contributed by atoms with Gasteiger partial charge in [-0.1, -0.05) is 27.2 Å². The van der Waals surface area contributed by atoms with Gasteiger partial charge in [-0.05, 0) is 138 Å². The number of aliphatic hydroxyl groups excluding tert-OH is 1. The number of aliphatic hydroxyl groups is 1. The molecule has 0 aromatic rings. The zero-order valence-electron chi connectivity index (χ0n) is 22.9. The van der Waals surface area contributed by atoms with Crippen molar-refractivity contribution in [3.8, 4) is 0 Å². The molecule has 0 amide bonds. The van der Waals surface area contributed by atoms with Crippen LogP contribution in [0.5, 0.6) is 0 Å². The second kappa shape index (κ2) is 8.71. The molecule has 1 unspecified atom stereocenters. The van der Waals surface area contributed by atoms with Crippen molar-refractivity contribution in [1.82, 2.24) is 5.06 Å². The number of hydrogen-bond donors (Lipinski definition) is 1. The first-order valence-electron chi connectivity index (χ1n) is 14.7. The molecule has 5 rings (SSSR count). The van der Waals surface area contributed by atoms with Gasteiger partial charge in [0.15, 0.2) is 0 Å². The molecule has 5 fully saturated rings. The molecule has 0 bridgehead atoms. The monoisotopic (exact) mass is 474 g/mol. The summed E-state index contributed by atoms with van der Waals surface area (Å²) in [7, 11) is 0. The predicted octanol–water partition coefficient (Wildman–Crippen LogP) is 7.14. The fraction of sp³-hybridized carbons (Fsp3) is 1.00. The van der Waals surface area contributed by atoms with Crippen molar-refractivity contribution in [2.45, 2.75) is 136 Å². The summed E-state index contributed by atoms with van der Waals surface area (Å²) in [5.74, 6) is 5.00. The second-order valence-corrected chi connectivity index (χ2v) is 14.8. The van der Waals surface area contributed by atoms with Crippen LogP contribution in [-0.2, 0) is 4.74 Å². The van der Waals surface area contributed by atoms with Gasteiger partial charge in [-0.15, -0.1) is 0 Å². The first-order chi connectivity index (χ1) is 15.9. The lowest BCUT2D eigenvalue weighted by Crippen LogP contribution is -2.54. The Kier molecular flexibility index (Phi) is 6.53. The largest absolute Gasteiger partial charge is 0.783 e.